The summed E-state index contributed by atoms with van der Waals surface area (Å²) in [5.74, 6) is -1.80. The van der Waals surface area contributed by atoms with Gasteiger partial charge in [0.2, 0.25) is 5.91 Å². The number of aromatic hydroxyl groups is 1. The lowest BCUT2D eigenvalue weighted by Crippen LogP contribution is -2.34. The molecule has 2 atom stereocenters. The van der Waals surface area contributed by atoms with Gasteiger partial charge in [-0.3, -0.25) is 9.59 Å². The fourth-order valence-corrected chi connectivity index (χ4v) is 3.92. The fraction of sp³-hybridized carbons (Fsp3) is 0.167. The van der Waals surface area contributed by atoms with Crippen LogP contribution < -0.4 is 10.7 Å². The van der Waals surface area contributed by atoms with Crippen LogP contribution in [0.2, 0.25) is 0 Å². The Balaban J connectivity index is 1.73. The molecule has 8 heteroatoms. The Kier molecular flexibility index (Phi) is 5.73. The summed E-state index contributed by atoms with van der Waals surface area (Å²) in [6, 6.07) is 12.6. The minimum Gasteiger partial charge on any atom is -0.507 e. The summed E-state index contributed by atoms with van der Waals surface area (Å²) in [4.78, 5) is 24.6. The SMILES string of the molecule is O=C1NC[C@@H](c2ccccc2)[C@H]1C(=O)N/N=C/c1cc(O)c(Br)cc1Br. The molecule has 134 valence electrons. The van der Waals surface area contributed by atoms with Crippen molar-refractivity contribution >= 4 is 49.9 Å². The second-order valence-corrected chi connectivity index (χ2v) is 7.51. The number of benzene rings is 2. The highest BCUT2D eigenvalue weighted by Gasteiger charge is 2.40. The second-order valence-electron chi connectivity index (χ2n) is 5.80. The van der Waals surface area contributed by atoms with E-state index in [1.165, 1.54) is 12.3 Å². The first-order valence-electron chi connectivity index (χ1n) is 7.81. The molecule has 6 nitrogen and oxygen atoms in total. The van der Waals surface area contributed by atoms with Crippen LogP contribution in [0.25, 0.3) is 0 Å². The van der Waals surface area contributed by atoms with Crippen LogP contribution in [0, 0.1) is 5.92 Å². The number of hydrogen-bond donors (Lipinski definition) is 3. The van der Waals surface area contributed by atoms with E-state index in [1.807, 2.05) is 30.3 Å². The molecule has 0 spiro atoms. The predicted molar refractivity (Wildman–Crippen MR) is 105 cm³/mol. The smallest absolute Gasteiger partial charge is 0.253 e. The van der Waals surface area contributed by atoms with E-state index in [0.717, 1.165) is 5.56 Å². The van der Waals surface area contributed by atoms with Gasteiger partial charge in [-0.1, -0.05) is 46.3 Å². The summed E-state index contributed by atoms with van der Waals surface area (Å²) in [5.41, 5.74) is 3.93. The number of hydrogen-bond acceptors (Lipinski definition) is 4. The van der Waals surface area contributed by atoms with Crippen molar-refractivity contribution in [3.63, 3.8) is 0 Å². The lowest BCUT2D eigenvalue weighted by Gasteiger charge is -2.15. The summed E-state index contributed by atoms with van der Waals surface area (Å²) in [6.45, 7) is 0.413. The first-order valence-corrected chi connectivity index (χ1v) is 9.39. The first-order chi connectivity index (χ1) is 12.5. The standard InChI is InChI=1S/C18H15Br2N3O3/c19-13-7-14(20)15(24)6-11(13)8-22-23-18(26)16-12(9-21-17(16)25)10-4-2-1-3-5-10/h1-8,12,16,24H,9H2,(H,21,25)(H,23,26)/b22-8+/t12-,16+/m0/s1. The Bertz CT molecular complexity index is 871. The molecular formula is C18H15Br2N3O3. The summed E-state index contributed by atoms with van der Waals surface area (Å²) in [5, 5.41) is 16.4. The molecule has 3 N–H and O–H groups in total. The number of nitrogens with zero attached hydrogens (tertiary/aromatic N) is 1. The normalized spacial score (nSPS) is 19.5. The van der Waals surface area contributed by atoms with Crippen molar-refractivity contribution in [2.24, 2.45) is 11.0 Å². The minimum atomic E-state index is -0.837. The minimum absolute atomic E-state index is 0.0558. The van der Waals surface area contributed by atoms with Crippen LogP contribution in [0.5, 0.6) is 5.75 Å². The Labute approximate surface area is 166 Å². The number of hydrazone groups is 1. The average molecular weight is 481 g/mol. The van der Waals surface area contributed by atoms with Crippen LogP contribution in [-0.4, -0.2) is 29.7 Å². The van der Waals surface area contributed by atoms with Crippen LogP contribution in [0.15, 0.2) is 56.5 Å². The van der Waals surface area contributed by atoms with E-state index < -0.39 is 11.8 Å². The van der Waals surface area contributed by atoms with Gasteiger partial charge < -0.3 is 10.4 Å². The molecule has 26 heavy (non-hydrogen) atoms. The van der Waals surface area contributed by atoms with Crippen LogP contribution in [-0.2, 0) is 9.59 Å². The Morgan fingerprint density at radius 2 is 1.96 bits per heavy atom. The Hall–Kier alpha value is -2.19. The molecule has 1 heterocycles. The Morgan fingerprint density at radius 3 is 2.69 bits per heavy atom. The molecule has 1 saturated heterocycles. The third kappa shape index (κ3) is 3.96. The molecule has 0 radical (unpaired) electrons. The maximum atomic E-state index is 12.5. The molecule has 2 aromatic carbocycles. The van der Waals surface area contributed by atoms with Gasteiger partial charge in [-0.2, -0.15) is 5.10 Å². The van der Waals surface area contributed by atoms with Gasteiger partial charge >= 0.3 is 0 Å². The highest BCUT2D eigenvalue weighted by molar-refractivity contribution is 9.11. The molecule has 1 fully saturated rings. The average Bonchev–Trinajstić information content (AvgIpc) is 3.01. The van der Waals surface area contributed by atoms with Gasteiger partial charge in [0.05, 0.1) is 10.7 Å². The molecule has 2 amide bonds. The van der Waals surface area contributed by atoms with E-state index in [4.69, 9.17) is 0 Å². The number of phenolic OH excluding ortho intramolecular Hbond substituents is 1. The number of phenols is 1. The van der Waals surface area contributed by atoms with Crippen molar-refractivity contribution in [2.45, 2.75) is 5.92 Å². The highest BCUT2D eigenvalue weighted by Crippen LogP contribution is 2.30. The topological polar surface area (TPSA) is 90.8 Å². The number of carbonyl (C=O) groups excluding carboxylic acids is 2. The lowest BCUT2D eigenvalue weighted by molar-refractivity contribution is -0.133. The van der Waals surface area contributed by atoms with E-state index in [0.29, 0.717) is 21.1 Å². The quantitative estimate of drug-likeness (QED) is 0.357. The number of carbonyl (C=O) groups is 2. The predicted octanol–water partition coefficient (Wildman–Crippen LogP) is 2.90. The summed E-state index contributed by atoms with van der Waals surface area (Å²) >= 11 is 6.57. The molecule has 0 bridgehead atoms. The van der Waals surface area contributed by atoms with Gasteiger partial charge in [0.25, 0.3) is 5.91 Å². The molecule has 0 aliphatic carbocycles. The van der Waals surface area contributed by atoms with Crippen molar-refractivity contribution in [1.82, 2.24) is 10.7 Å². The molecule has 0 saturated carbocycles. The highest BCUT2D eigenvalue weighted by atomic mass is 79.9. The summed E-state index contributed by atoms with van der Waals surface area (Å²) in [6.07, 6.45) is 1.40. The second kappa shape index (κ2) is 8.01. The van der Waals surface area contributed by atoms with Gasteiger partial charge in [0.15, 0.2) is 0 Å². The molecule has 0 aromatic heterocycles. The molecule has 2 aromatic rings. The molecule has 0 unspecified atom stereocenters. The van der Waals surface area contributed by atoms with Crippen molar-refractivity contribution < 1.29 is 14.7 Å². The van der Waals surface area contributed by atoms with Crippen LogP contribution in [0.3, 0.4) is 0 Å². The van der Waals surface area contributed by atoms with Gasteiger partial charge in [0.1, 0.15) is 11.7 Å². The summed E-state index contributed by atoms with van der Waals surface area (Å²) in [7, 11) is 0. The lowest BCUT2D eigenvalue weighted by atomic mass is 9.88. The van der Waals surface area contributed by atoms with Crippen molar-refractivity contribution in [1.29, 1.82) is 0 Å². The van der Waals surface area contributed by atoms with Crippen LogP contribution in [0.4, 0.5) is 0 Å². The van der Waals surface area contributed by atoms with Crippen LogP contribution >= 0.6 is 31.9 Å². The van der Waals surface area contributed by atoms with E-state index >= 15 is 0 Å². The molecular weight excluding hydrogens is 466 g/mol. The van der Waals surface area contributed by atoms with Gasteiger partial charge in [-0.25, -0.2) is 5.43 Å². The van der Waals surface area contributed by atoms with E-state index in [9.17, 15) is 14.7 Å². The van der Waals surface area contributed by atoms with Gasteiger partial charge in [-0.15, -0.1) is 0 Å². The third-order valence-electron chi connectivity index (χ3n) is 4.14. The van der Waals surface area contributed by atoms with Gasteiger partial charge in [-0.05, 0) is 33.6 Å². The Morgan fingerprint density at radius 1 is 1.23 bits per heavy atom. The van der Waals surface area contributed by atoms with Crippen LogP contribution in [0.1, 0.15) is 17.0 Å². The van der Waals surface area contributed by atoms with E-state index in [1.54, 1.807) is 6.07 Å². The number of nitrogens with one attached hydrogen (secondary N) is 2. The number of amides is 2. The van der Waals surface area contributed by atoms with Crippen molar-refractivity contribution in [3.05, 3.63) is 62.5 Å². The maximum Gasteiger partial charge on any atom is 0.253 e. The van der Waals surface area contributed by atoms with Crippen molar-refractivity contribution in [2.75, 3.05) is 6.54 Å². The molecule has 1 aliphatic heterocycles. The zero-order valence-electron chi connectivity index (χ0n) is 13.4. The largest absolute Gasteiger partial charge is 0.507 e. The zero-order chi connectivity index (χ0) is 18.7. The van der Waals surface area contributed by atoms with Gasteiger partial charge in [0, 0.05) is 22.5 Å². The fourth-order valence-electron chi connectivity index (χ4n) is 2.82. The third-order valence-corrected chi connectivity index (χ3v) is 5.46. The first kappa shape index (κ1) is 18.6. The summed E-state index contributed by atoms with van der Waals surface area (Å²) < 4.78 is 1.24. The molecule has 3 rings (SSSR count). The number of halogens is 2. The monoisotopic (exact) mass is 479 g/mol. The van der Waals surface area contributed by atoms with Crippen molar-refractivity contribution in [3.8, 4) is 5.75 Å². The van der Waals surface area contributed by atoms with E-state index in [-0.39, 0.29) is 17.6 Å². The maximum absolute atomic E-state index is 12.5. The number of rotatable bonds is 4. The molecule has 1 aliphatic rings. The van der Waals surface area contributed by atoms with E-state index in [2.05, 4.69) is 47.7 Å². The zero-order valence-corrected chi connectivity index (χ0v) is 16.6.